The second kappa shape index (κ2) is 10.4. The standard InChI is InChI=1S/C21H29N5O3/c1-6-10-29-19-11-16(8-9-18(19)28-5)12-23-20(22-7-2)24-15-21(3,27)17-13-25-26(4)14-17/h1,8-9,11,13-14,27H,7,10,12,15H2,2-5H3,(H2,22,23,24). The molecule has 8 heteroatoms. The molecule has 0 aliphatic carbocycles. The summed E-state index contributed by atoms with van der Waals surface area (Å²) in [4.78, 5) is 4.59. The van der Waals surface area contributed by atoms with Crippen molar-refractivity contribution in [2.75, 3.05) is 26.8 Å². The van der Waals surface area contributed by atoms with E-state index in [1.807, 2.05) is 32.2 Å². The minimum atomic E-state index is -1.08. The number of guanidine groups is 1. The summed E-state index contributed by atoms with van der Waals surface area (Å²) < 4.78 is 12.5. The topological polar surface area (TPSA) is 92.9 Å². The van der Waals surface area contributed by atoms with Gasteiger partial charge in [-0.15, -0.1) is 6.42 Å². The lowest BCUT2D eigenvalue weighted by atomic mass is 10.00. The summed E-state index contributed by atoms with van der Waals surface area (Å²) in [6.07, 6.45) is 8.72. The van der Waals surface area contributed by atoms with Crippen molar-refractivity contribution < 1.29 is 14.6 Å². The maximum atomic E-state index is 10.7. The van der Waals surface area contributed by atoms with Crippen LogP contribution in [0, 0.1) is 12.3 Å². The average Bonchev–Trinajstić information content (AvgIpc) is 3.16. The Hall–Kier alpha value is -3.18. The Balaban J connectivity index is 2.07. The van der Waals surface area contributed by atoms with Crippen molar-refractivity contribution in [2.24, 2.45) is 12.0 Å². The first kappa shape index (κ1) is 22.1. The van der Waals surface area contributed by atoms with Gasteiger partial charge in [-0.05, 0) is 31.5 Å². The molecule has 0 radical (unpaired) electrons. The van der Waals surface area contributed by atoms with Crippen LogP contribution in [0.1, 0.15) is 25.0 Å². The lowest BCUT2D eigenvalue weighted by Crippen LogP contribution is -2.44. The Kier molecular flexibility index (Phi) is 7.92. The molecule has 0 saturated carbocycles. The van der Waals surface area contributed by atoms with E-state index in [-0.39, 0.29) is 13.2 Å². The van der Waals surface area contributed by atoms with Crippen molar-refractivity contribution >= 4 is 5.96 Å². The third kappa shape index (κ3) is 6.43. The van der Waals surface area contributed by atoms with Crippen LogP contribution in [-0.4, -0.2) is 47.7 Å². The smallest absolute Gasteiger partial charge is 0.191 e. The molecule has 0 saturated heterocycles. The number of hydrogen-bond acceptors (Lipinski definition) is 5. The molecular weight excluding hydrogens is 370 g/mol. The quantitative estimate of drug-likeness (QED) is 0.335. The number of benzene rings is 1. The molecule has 0 fully saturated rings. The van der Waals surface area contributed by atoms with E-state index in [0.717, 1.165) is 11.1 Å². The zero-order chi connectivity index (χ0) is 21.3. The van der Waals surface area contributed by atoms with E-state index in [2.05, 4.69) is 26.6 Å². The van der Waals surface area contributed by atoms with Crippen LogP contribution in [0.25, 0.3) is 0 Å². The van der Waals surface area contributed by atoms with E-state index in [1.165, 1.54) is 0 Å². The summed E-state index contributed by atoms with van der Waals surface area (Å²) in [7, 11) is 3.40. The van der Waals surface area contributed by atoms with Crippen LogP contribution in [0.4, 0.5) is 0 Å². The molecule has 8 nitrogen and oxygen atoms in total. The molecule has 0 aliphatic rings. The molecule has 1 atom stereocenters. The molecule has 1 unspecified atom stereocenters. The minimum absolute atomic E-state index is 0.163. The Morgan fingerprint density at radius 3 is 2.79 bits per heavy atom. The van der Waals surface area contributed by atoms with E-state index in [1.54, 1.807) is 31.1 Å². The first-order chi connectivity index (χ1) is 13.9. The van der Waals surface area contributed by atoms with Gasteiger partial charge in [0.1, 0.15) is 12.2 Å². The number of aliphatic hydroxyl groups is 1. The van der Waals surface area contributed by atoms with Crippen LogP contribution in [0.5, 0.6) is 11.5 Å². The highest BCUT2D eigenvalue weighted by molar-refractivity contribution is 5.79. The molecule has 29 heavy (non-hydrogen) atoms. The van der Waals surface area contributed by atoms with Crippen LogP contribution in [0.2, 0.25) is 0 Å². The molecule has 1 heterocycles. The van der Waals surface area contributed by atoms with Crippen LogP contribution in [0.15, 0.2) is 35.6 Å². The predicted octanol–water partition coefficient (Wildman–Crippen LogP) is 1.40. The average molecular weight is 399 g/mol. The van der Waals surface area contributed by atoms with Gasteiger partial charge in [-0.3, -0.25) is 4.68 Å². The fraction of sp³-hybridized carbons (Fsp3) is 0.429. The van der Waals surface area contributed by atoms with Crippen LogP contribution >= 0.6 is 0 Å². The van der Waals surface area contributed by atoms with Crippen LogP contribution < -0.4 is 20.1 Å². The van der Waals surface area contributed by atoms with Gasteiger partial charge in [-0.2, -0.15) is 5.10 Å². The van der Waals surface area contributed by atoms with Gasteiger partial charge in [0.15, 0.2) is 17.5 Å². The van der Waals surface area contributed by atoms with Crippen molar-refractivity contribution in [3.63, 3.8) is 0 Å². The van der Waals surface area contributed by atoms with E-state index < -0.39 is 5.60 Å². The number of aryl methyl sites for hydroxylation is 1. The normalized spacial score (nSPS) is 13.3. The van der Waals surface area contributed by atoms with Crippen molar-refractivity contribution in [3.05, 3.63) is 41.7 Å². The Morgan fingerprint density at radius 1 is 1.38 bits per heavy atom. The zero-order valence-corrected chi connectivity index (χ0v) is 17.4. The third-order valence-electron chi connectivity index (χ3n) is 4.23. The fourth-order valence-corrected chi connectivity index (χ4v) is 2.62. The molecule has 1 aromatic heterocycles. The molecule has 156 valence electrons. The highest BCUT2D eigenvalue weighted by Gasteiger charge is 2.25. The van der Waals surface area contributed by atoms with Crippen molar-refractivity contribution in [1.29, 1.82) is 0 Å². The molecule has 0 amide bonds. The lowest BCUT2D eigenvalue weighted by Gasteiger charge is -2.23. The molecule has 0 bridgehead atoms. The number of aliphatic imine (C=N–C) groups is 1. The number of nitrogens with zero attached hydrogens (tertiary/aromatic N) is 3. The number of terminal acetylenes is 1. The van der Waals surface area contributed by atoms with Gasteiger partial charge in [-0.1, -0.05) is 12.0 Å². The summed E-state index contributed by atoms with van der Waals surface area (Å²) in [5.41, 5.74) is 0.587. The molecule has 0 spiro atoms. The third-order valence-corrected chi connectivity index (χ3v) is 4.23. The fourth-order valence-electron chi connectivity index (χ4n) is 2.62. The Morgan fingerprint density at radius 2 is 2.17 bits per heavy atom. The summed E-state index contributed by atoms with van der Waals surface area (Å²) in [6, 6.07) is 5.60. The van der Waals surface area contributed by atoms with E-state index in [4.69, 9.17) is 15.9 Å². The Labute approximate surface area is 171 Å². The van der Waals surface area contributed by atoms with Gasteiger partial charge >= 0.3 is 0 Å². The summed E-state index contributed by atoms with van der Waals surface area (Å²) in [5, 5.41) is 21.2. The van der Waals surface area contributed by atoms with Gasteiger partial charge in [0.2, 0.25) is 0 Å². The summed E-state index contributed by atoms with van der Waals surface area (Å²) in [6.45, 7) is 5.27. The van der Waals surface area contributed by atoms with Crippen molar-refractivity contribution in [1.82, 2.24) is 20.4 Å². The number of hydrogen-bond donors (Lipinski definition) is 3. The zero-order valence-electron chi connectivity index (χ0n) is 17.4. The number of nitrogens with one attached hydrogen (secondary N) is 2. The highest BCUT2D eigenvalue weighted by Crippen LogP contribution is 2.28. The van der Waals surface area contributed by atoms with Crippen molar-refractivity contribution in [3.8, 4) is 23.8 Å². The van der Waals surface area contributed by atoms with Gasteiger partial charge in [0.05, 0.1) is 26.4 Å². The lowest BCUT2D eigenvalue weighted by molar-refractivity contribution is 0.0616. The maximum absolute atomic E-state index is 10.7. The molecular formula is C21H29N5O3. The highest BCUT2D eigenvalue weighted by atomic mass is 16.5. The van der Waals surface area contributed by atoms with Gasteiger partial charge in [0.25, 0.3) is 0 Å². The number of ether oxygens (including phenoxy) is 2. The molecule has 2 rings (SSSR count). The molecule has 1 aromatic carbocycles. The molecule has 0 aliphatic heterocycles. The molecule has 3 N–H and O–H groups in total. The molecule has 2 aromatic rings. The van der Waals surface area contributed by atoms with Crippen molar-refractivity contribution in [2.45, 2.75) is 26.0 Å². The Bertz CT molecular complexity index is 867. The van der Waals surface area contributed by atoms with Crippen LogP contribution in [0.3, 0.4) is 0 Å². The summed E-state index contributed by atoms with van der Waals surface area (Å²) in [5.74, 6) is 4.24. The van der Waals surface area contributed by atoms with E-state index in [0.29, 0.717) is 30.5 Å². The number of methoxy groups -OCH3 is 1. The predicted molar refractivity (Wildman–Crippen MR) is 113 cm³/mol. The number of aromatic nitrogens is 2. The minimum Gasteiger partial charge on any atom is -0.493 e. The largest absolute Gasteiger partial charge is 0.493 e. The second-order valence-corrected chi connectivity index (χ2v) is 6.70. The van der Waals surface area contributed by atoms with Gasteiger partial charge in [0, 0.05) is 25.4 Å². The van der Waals surface area contributed by atoms with E-state index in [9.17, 15) is 5.11 Å². The number of rotatable bonds is 9. The first-order valence-electron chi connectivity index (χ1n) is 9.36. The summed E-state index contributed by atoms with van der Waals surface area (Å²) >= 11 is 0. The van der Waals surface area contributed by atoms with Gasteiger partial charge in [-0.25, -0.2) is 4.99 Å². The van der Waals surface area contributed by atoms with Crippen LogP contribution in [-0.2, 0) is 19.2 Å². The van der Waals surface area contributed by atoms with E-state index >= 15 is 0 Å². The monoisotopic (exact) mass is 399 g/mol. The first-order valence-corrected chi connectivity index (χ1v) is 9.36. The maximum Gasteiger partial charge on any atom is 0.191 e. The van der Waals surface area contributed by atoms with Gasteiger partial charge < -0.3 is 25.2 Å². The SMILES string of the molecule is C#CCOc1cc(CN=C(NCC)NCC(C)(O)c2cnn(C)c2)ccc1OC. The second-order valence-electron chi connectivity index (χ2n) is 6.70.